The molecule has 2 amide bonds. The Bertz CT molecular complexity index is 326. The first kappa shape index (κ1) is 16.0. The summed E-state index contributed by atoms with van der Waals surface area (Å²) in [5.74, 6) is 0.0592. The molecule has 1 fully saturated rings. The first-order valence-corrected chi connectivity index (χ1v) is 7.57. The summed E-state index contributed by atoms with van der Waals surface area (Å²) in [6, 6.07) is -0.322. The van der Waals surface area contributed by atoms with Crippen molar-refractivity contribution in [2.45, 2.75) is 77.8 Å². The van der Waals surface area contributed by atoms with Gasteiger partial charge in [-0.15, -0.1) is 0 Å². The van der Waals surface area contributed by atoms with Crippen LogP contribution in [-0.4, -0.2) is 34.8 Å². The van der Waals surface area contributed by atoms with Crippen LogP contribution in [0.3, 0.4) is 0 Å². The Kier molecular flexibility index (Phi) is 5.83. The van der Waals surface area contributed by atoms with E-state index in [1.165, 1.54) is 12.8 Å². The molecule has 0 aliphatic carbocycles. The largest absolute Gasteiger partial charge is 0.342 e. The lowest BCUT2D eigenvalue weighted by molar-refractivity contribution is -0.155. The average molecular weight is 268 g/mol. The van der Waals surface area contributed by atoms with Crippen molar-refractivity contribution in [2.75, 3.05) is 6.54 Å². The highest BCUT2D eigenvalue weighted by Gasteiger charge is 2.45. The van der Waals surface area contributed by atoms with Crippen molar-refractivity contribution in [2.24, 2.45) is 0 Å². The number of unbranched alkanes of at least 4 members (excludes halogenated alkanes) is 3. The molecule has 0 aromatic heterocycles. The van der Waals surface area contributed by atoms with Crippen LogP contribution in [0.1, 0.15) is 66.2 Å². The minimum absolute atomic E-state index is 0.0268. The summed E-state index contributed by atoms with van der Waals surface area (Å²) < 4.78 is 0. The fourth-order valence-corrected chi connectivity index (χ4v) is 2.55. The molecule has 0 aromatic rings. The smallest absolute Gasteiger partial charge is 0.246 e. The van der Waals surface area contributed by atoms with E-state index in [1.807, 2.05) is 20.8 Å². The van der Waals surface area contributed by atoms with Crippen LogP contribution in [0.2, 0.25) is 0 Å². The van der Waals surface area contributed by atoms with Crippen molar-refractivity contribution < 1.29 is 9.59 Å². The Hall–Kier alpha value is -1.06. The summed E-state index contributed by atoms with van der Waals surface area (Å²) in [5.41, 5.74) is -0.715. The molecule has 110 valence electrons. The minimum atomic E-state index is -0.715. The predicted molar refractivity (Wildman–Crippen MR) is 76.8 cm³/mol. The monoisotopic (exact) mass is 268 g/mol. The summed E-state index contributed by atoms with van der Waals surface area (Å²) in [7, 11) is 0. The van der Waals surface area contributed by atoms with Gasteiger partial charge in [0.05, 0.1) is 0 Å². The molecule has 1 N–H and O–H groups in total. The number of rotatable bonds is 7. The lowest BCUT2D eigenvalue weighted by Gasteiger charge is -2.44. The zero-order valence-corrected chi connectivity index (χ0v) is 12.8. The normalized spacial score (nSPS) is 22.5. The molecule has 4 nitrogen and oxygen atoms in total. The SMILES string of the molecule is CCCCCCN1C(=O)C(CCC)NC(=O)C1(C)C. The van der Waals surface area contributed by atoms with E-state index in [-0.39, 0.29) is 17.9 Å². The number of nitrogens with one attached hydrogen (secondary N) is 1. The van der Waals surface area contributed by atoms with Crippen molar-refractivity contribution in [1.82, 2.24) is 10.2 Å². The zero-order valence-electron chi connectivity index (χ0n) is 12.8. The van der Waals surface area contributed by atoms with Crippen LogP contribution in [-0.2, 0) is 9.59 Å². The summed E-state index contributed by atoms with van der Waals surface area (Å²) in [6.07, 6.45) is 6.10. The molecule has 1 atom stereocenters. The summed E-state index contributed by atoms with van der Waals surface area (Å²) in [4.78, 5) is 26.4. The summed E-state index contributed by atoms with van der Waals surface area (Å²) >= 11 is 0. The van der Waals surface area contributed by atoms with Crippen LogP contribution >= 0.6 is 0 Å². The van der Waals surface area contributed by atoms with Crippen LogP contribution in [0.4, 0.5) is 0 Å². The third kappa shape index (κ3) is 3.71. The van der Waals surface area contributed by atoms with Gasteiger partial charge in [0.2, 0.25) is 11.8 Å². The molecule has 0 saturated carbocycles. The molecule has 0 aromatic carbocycles. The molecule has 0 spiro atoms. The van der Waals surface area contributed by atoms with Gasteiger partial charge in [0, 0.05) is 6.54 Å². The first-order chi connectivity index (χ1) is 8.95. The zero-order chi connectivity index (χ0) is 14.5. The second kappa shape index (κ2) is 6.92. The molecular weight excluding hydrogens is 240 g/mol. The predicted octanol–water partition coefficient (Wildman–Crippen LogP) is 2.47. The van der Waals surface area contributed by atoms with E-state index >= 15 is 0 Å². The molecule has 1 rings (SSSR count). The van der Waals surface area contributed by atoms with Gasteiger partial charge in [-0.3, -0.25) is 9.59 Å². The summed E-state index contributed by atoms with van der Waals surface area (Å²) in [6.45, 7) is 8.56. The number of nitrogens with zero attached hydrogens (tertiary/aromatic N) is 1. The Balaban J connectivity index is 2.70. The molecule has 19 heavy (non-hydrogen) atoms. The molecule has 1 unspecified atom stereocenters. The van der Waals surface area contributed by atoms with Crippen LogP contribution < -0.4 is 5.32 Å². The van der Waals surface area contributed by atoms with E-state index in [9.17, 15) is 9.59 Å². The second-order valence-electron chi connectivity index (χ2n) is 5.92. The van der Waals surface area contributed by atoms with Gasteiger partial charge in [-0.1, -0.05) is 39.5 Å². The number of hydrogen-bond donors (Lipinski definition) is 1. The fourth-order valence-electron chi connectivity index (χ4n) is 2.55. The highest BCUT2D eigenvalue weighted by Crippen LogP contribution is 2.23. The summed E-state index contributed by atoms with van der Waals surface area (Å²) in [5, 5.41) is 2.86. The van der Waals surface area contributed by atoms with Crippen LogP contribution in [0, 0.1) is 0 Å². The second-order valence-corrected chi connectivity index (χ2v) is 5.92. The third-order valence-electron chi connectivity index (χ3n) is 3.91. The van der Waals surface area contributed by atoms with E-state index in [0.717, 1.165) is 25.7 Å². The van der Waals surface area contributed by atoms with Crippen LogP contribution in [0.5, 0.6) is 0 Å². The van der Waals surface area contributed by atoms with Gasteiger partial charge in [-0.2, -0.15) is 0 Å². The lowest BCUT2D eigenvalue weighted by Crippen LogP contribution is -2.68. The lowest BCUT2D eigenvalue weighted by atomic mass is 9.93. The van der Waals surface area contributed by atoms with Crippen molar-refractivity contribution in [3.63, 3.8) is 0 Å². The molecule has 4 heteroatoms. The van der Waals surface area contributed by atoms with E-state index in [0.29, 0.717) is 6.54 Å². The Labute approximate surface area is 116 Å². The van der Waals surface area contributed by atoms with E-state index in [2.05, 4.69) is 12.2 Å². The average Bonchev–Trinajstić information content (AvgIpc) is 2.35. The molecule has 1 heterocycles. The van der Waals surface area contributed by atoms with Gasteiger partial charge in [0.1, 0.15) is 11.6 Å². The van der Waals surface area contributed by atoms with Crippen molar-refractivity contribution in [3.05, 3.63) is 0 Å². The number of hydrogen-bond acceptors (Lipinski definition) is 2. The number of piperazine rings is 1. The van der Waals surface area contributed by atoms with Gasteiger partial charge in [-0.05, 0) is 26.7 Å². The Morgan fingerprint density at radius 3 is 2.37 bits per heavy atom. The number of amides is 2. The molecule has 0 bridgehead atoms. The van der Waals surface area contributed by atoms with Gasteiger partial charge in [0.15, 0.2) is 0 Å². The van der Waals surface area contributed by atoms with Crippen molar-refractivity contribution >= 4 is 11.8 Å². The van der Waals surface area contributed by atoms with E-state index < -0.39 is 5.54 Å². The fraction of sp³-hybridized carbons (Fsp3) is 0.867. The molecule has 0 radical (unpaired) electrons. The number of carbonyl (C=O) groups is 2. The maximum absolute atomic E-state index is 12.5. The van der Waals surface area contributed by atoms with Crippen molar-refractivity contribution in [3.8, 4) is 0 Å². The Morgan fingerprint density at radius 1 is 1.11 bits per heavy atom. The van der Waals surface area contributed by atoms with Gasteiger partial charge in [0.25, 0.3) is 0 Å². The topological polar surface area (TPSA) is 49.4 Å². The highest BCUT2D eigenvalue weighted by atomic mass is 16.2. The van der Waals surface area contributed by atoms with E-state index in [4.69, 9.17) is 0 Å². The number of carbonyl (C=O) groups excluding carboxylic acids is 2. The minimum Gasteiger partial charge on any atom is -0.342 e. The van der Waals surface area contributed by atoms with E-state index in [1.54, 1.807) is 4.90 Å². The van der Waals surface area contributed by atoms with Crippen LogP contribution in [0.25, 0.3) is 0 Å². The third-order valence-corrected chi connectivity index (χ3v) is 3.91. The molecular formula is C15H28N2O2. The highest BCUT2D eigenvalue weighted by molar-refractivity contribution is 5.99. The van der Waals surface area contributed by atoms with Crippen molar-refractivity contribution in [1.29, 1.82) is 0 Å². The first-order valence-electron chi connectivity index (χ1n) is 7.57. The maximum Gasteiger partial charge on any atom is 0.246 e. The quantitative estimate of drug-likeness (QED) is 0.721. The standard InChI is InChI=1S/C15H28N2O2/c1-5-7-8-9-11-17-13(18)12(10-6-2)16-14(19)15(17,3)4/h12H,5-11H2,1-4H3,(H,16,19). The Morgan fingerprint density at radius 2 is 1.79 bits per heavy atom. The molecule has 1 aliphatic rings. The van der Waals surface area contributed by atoms with Crippen LogP contribution in [0.15, 0.2) is 0 Å². The maximum atomic E-state index is 12.5. The van der Waals surface area contributed by atoms with Gasteiger partial charge < -0.3 is 10.2 Å². The molecule has 1 saturated heterocycles. The van der Waals surface area contributed by atoms with Gasteiger partial charge >= 0.3 is 0 Å². The van der Waals surface area contributed by atoms with Gasteiger partial charge in [-0.25, -0.2) is 0 Å². The molecule has 1 aliphatic heterocycles.